The van der Waals surface area contributed by atoms with Crippen LogP contribution in [0.15, 0.2) is 36.5 Å². The first kappa shape index (κ1) is 10.7. The maximum atomic E-state index is 5.80. The molecule has 1 aromatic carbocycles. The molecule has 0 spiro atoms. The largest absolute Gasteiger partial charge is 0.412 e. The molecular weight excluding hydrogens is 212 g/mol. The number of nitrogens with zero attached hydrogens (tertiary/aromatic N) is 2. The molecule has 2 aromatic rings. The van der Waals surface area contributed by atoms with Crippen LogP contribution in [0.25, 0.3) is 10.9 Å². The molecule has 3 nitrogen and oxygen atoms in total. The molecule has 17 heavy (non-hydrogen) atoms. The molecule has 1 aliphatic heterocycles. The van der Waals surface area contributed by atoms with E-state index in [0.717, 1.165) is 18.7 Å². The van der Waals surface area contributed by atoms with Gasteiger partial charge in [0.1, 0.15) is 6.61 Å². The van der Waals surface area contributed by atoms with Crippen LogP contribution in [-0.2, 0) is 0 Å². The molecule has 0 unspecified atom stereocenters. The van der Waals surface area contributed by atoms with Crippen LogP contribution in [0.4, 0.5) is 0 Å². The van der Waals surface area contributed by atoms with Gasteiger partial charge in [0.25, 0.3) is 0 Å². The maximum absolute atomic E-state index is 5.80. The van der Waals surface area contributed by atoms with E-state index in [9.17, 15) is 0 Å². The third kappa shape index (κ3) is 2.29. The number of hydrogen-bond donors (Lipinski definition) is 0. The van der Waals surface area contributed by atoms with Gasteiger partial charge in [-0.15, -0.1) is 0 Å². The average Bonchev–Trinajstić information content (AvgIpc) is 2.99. The van der Waals surface area contributed by atoms with E-state index in [2.05, 4.69) is 29.2 Å². The van der Waals surface area contributed by atoms with Gasteiger partial charge in [-0.1, -0.05) is 18.2 Å². The molecule has 1 aromatic heterocycles. The van der Waals surface area contributed by atoms with E-state index in [0.29, 0.717) is 0 Å². The van der Waals surface area contributed by atoms with Crippen LogP contribution in [0, 0.1) is 0 Å². The highest BCUT2D eigenvalue weighted by Gasteiger charge is 2.10. The van der Waals surface area contributed by atoms with E-state index in [1.807, 2.05) is 17.0 Å². The van der Waals surface area contributed by atoms with Gasteiger partial charge in [-0.25, -0.2) is 0 Å². The Morgan fingerprint density at radius 3 is 2.76 bits per heavy atom. The smallest absolute Gasteiger partial charge is 0.127 e. The molecule has 0 aliphatic carbocycles. The number of hydrogen-bond acceptors (Lipinski definition) is 2. The van der Waals surface area contributed by atoms with Crippen molar-refractivity contribution in [1.82, 2.24) is 9.63 Å². The number of benzene rings is 1. The van der Waals surface area contributed by atoms with E-state index >= 15 is 0 Å². The molecule has 0 bridgehead atoms. The molecule has 1 aliphatic rings. The Balaban J connectivity index is 1.60. The molecule has 0 radical (unpaired) electrons. The second kappa shape index (κ2) is 4.80. The van der Waals surface area contributed by atoms with Gasteiger partial charge in [0.2, 0.25) is 0 Å². The predicted octanol–water partition coefficient (Wildman–Crippen LogP) is 2.17. The SMILES string of the molecule is c1ccc2c(c1)ccn2OCCN1CCCC1. The first-order valence-electron chi connectivity index (χ1n) is 6.35. The average molecular weight is 230 g/mol. The summed E-state index contributed by atoms with van der Waals surface area (Å²) in [5.41, 5.74) is 1.15. The predicted molar refractivity (Wildman–Crippen MR) is 69.1 cm³/mol. The zero-order valence-electron chi connectivity index (χ0n) is 10.0. The molecule has 3 heteroatoms. The van der Waals surface area contributed by atoms with E-state index in [-0.39, 0.29) is 0 Å². The summed E-state index contributed by atoms with van der Waals surface area (Å²) in [7, 11) is 0. The molecule has 1 fully saturated rings. The second-order valence-electron chi connectivity index (χ2n) is 4.58. The number of fused-ring (bicyclic) bond motifs is 1. The summed E-state index contributed by atoms with van der Waals surface area (Å²) in [4.78, 5) is 8.26. The van der Waals surface area contributed by atoms with Crippen molar-refractivity contribution in [3.05, 3.63) is 36.5 Å². The molecule has 2 heterocycles. The molecule has 3 rings (SSSR count). The van der Waals surface area contributed by atoms with Crippen molar-refractivity contribution in [2.75, 3.05) is 26.2 Å². The Morgan fingerprint density at radius 2 is 1.88 bits per heavy atom. The highest BCUT2D eigenvalue weighted by atomic mass is 16.7. The number of rotatable bonds is 4. The quantitative estimate of drug-likeness (QED) is 0.801. The van der Waals surface area contributed by atoms with Crippen molar-refractivity contribution in [2.24, 2.45) is 0 Å². The Labute approximate surface area is 102 Å². The van der Waals surface area contributed by atoms with Gasteiger partial charge in [0.05, 0.1) is 5.52 Å². The molecule has 0 atom stereocenters. The summed E-state index contributed by atoms with van der Waals surface area (Å²) >= 11 is 0. The lowest BCUT2D eigenvalue weighted by Gasteiger charge is -2.15. The fourth-order valence-corrected chi connectivity index (χ4v) is 2.44. The number of para-hydroxylation sites is 1. The van der Waals surface area contributed by atoms with Crippen molar-refractivity contribution in [1.29, 1.82) is 0 Å². The Hall–Kier alpha value is -1.48. The van der Waals surface area contributed by atoms with Crippen LogP contribution in [-0.4, -0.2) is 35.9 Å². The molecule has 0 saturated carbocycles. The highest BCUT2D eigenvalue weighted by Crippen LogP contribution is 2.13. The summed E-state index contributed by atoms with van der Waals surface area (Å²) in [6.45, 7) is 4.26. The van der Waals surface area contributed by atoms with Gasteiger partial charge < -0.3 is 4.84 Å². The normalized spacial score (nSPS) is 16.7. The molecule has 90 valence electrons. The lowest BCUT2D eigenvalue weighted by Crippen LogP contribution is -2.27. The zero-order chi connectivity index (χ0) is 11.5. The molecular formula is C14H18N2O. The van der Waals surface area contributed by atoms with Crippen LogP contribution in [0.3, 0.4) is 0 Å². The lowest BCUT2D eigenvalue weighted by atomic mass is 10.3. The number of likely N-dealkylation sites (tertiary alicyclic amines) is 1. The fraction of sp³-hybridized carbons (Fsp3) is 0.429. The van der Waals surface area contributed by atoms with E-state index in [4.69, 9.17) is 4.84 Å². The van der Waals surface area contributed by atoms with Crippen molar-refractivity contribution in [2.45, 2.75) is 12.8 Å². The Morgan fingerprint density at radius 1 is 1.06 bits per heavy atom. The van der Waals surface area contributed by atoms with Crippen molar-refractivity contribution in [3.63, 3.8) is 0 Å². The summed E-state index contributed by atoms with van der Waals surface area (Å²) in [5.74, 6) is 0. The van der Waals surface area contributed by atoms with Crippen LogP contribution in [0.2, 0.25) is 0 Å². The minimum Gasteiger partial charge on any atom is -0.412 e. The highest BCUT2D eigenvalue weighted by molar-refractivity contribution is 5.79. The molecule has 0 amide bonds. The van der Waals surface area contributed by atoms with E-state index in [1.165, 1.54) is 31.3 Å². The minimum atomic E-state index is 0.763. The number of aromatic nitrogens is 1. The van der Waals surface area contributed by atoms with Crippen molar-refractivity contribution < 1.29 is 4.84 Å². The Bertz CT molecular complexity index is 486. The first-order chi connectivity index (χ1) is 8.43. The lowest BCUT2D eigenvalue weighted by molar-refractivity contribution is 0.100. The van der Waals surface area contributed by atoms with Crippen LogP contribution >= 0.6 is 0 Å². The second-order valence-corrected chi connectivity index (χ2v) is 4.58. The van der Waals surface area contributed by atoms with E-state index in [1.54, 1.807) is 0 Å². The third-order valence-corrected chi connectivity index (χ3v) is 3.40. The zero-order valence-corrected chi connectivity index (χ0v) is 10.0. The monoisotopic (exact) mass is 230 g/mol. The first-order valence-corrected chi connectivity index (χ1v) is 6.35. The standard InChI is InChI=1S/C14H18N2O/c1-2-6-14-13(5-1)7-10-16(14)17-12-11-15-8-3-4-9-15/h1-2,5-7,10H,3-4,8-9,11-12H2. The third-order valence-electron chi connectivity index (χ3n) is 3.40. The maximum Gasteiger partial charge on any atom is 0.127 e. The van der Waals surface area contributed by atoms with Crippen LogP contribution in [0.5, 0.6) is 0 Å². The van der Waals surface area contributed by atoms with Gasteiger partial charge in [-0.3, -0.25) is 4.90 Å². The summed E-state index contributed by atoms with van der Waals surface area (Å²) < 4.78 is 1.88. The van der Waals surface area contributed by atoms with Gasteiger partial charge in [-0.05, 0) is 38.1 Å². The summed E-state index contributed by atoms with van der Waals surface area (Å²) in [6.07, 6.45) is 4.67. The van der Waals surface area contributed by atoms with Gasteiger partial charge >= 0.3 is 0 Å². The van der Waals surface area contributed by atoms with Crippen molar-refractivity contribution >= 4 is 10.9 Å². The minimum absolute atomic E-state index is 0.763. The summed E-state index contributed by atoms with van der Waals surface area (Å²) in [5, 5.41) is 1.23. The molecule has 1 saturated heterocycles. The van der Waals surface area contributed by atoms with Gasteiger partial charge in [-0.2, -0.15) is 4.73 Å². The summed E-state index contributed by atoms with van der Waals surface area (Å²) in [6, 6.07) is 10.4. The Kier molecular flexibility index (Phi) is 3.01. The fourth-order valence-electron chi connectivity index (χ4n) is 2.44. The van der Waals surface area contributed by atoms with Crippen LogP contribution in [0.1, 0.15) is 12.8 Å². The topological polar surface area (TPSA) is 17.4 Å². The molecule has 0 N–H and O–H groups in total. The van der Waals surface area contributed by atoms with Crippen molar-refractivity contribution in [3.8, 4) is 0 Å². The van der Waals surface area contributed by atoms with Gasteiger partial charge in [0, 0.05) is 18.1 Å². The van der Waals surface area contributed by atoms with Gasteiger partial charge in [0.15, 0.2) is 0 Å². The van der Waals surface area contributed by atoms with Crippen LogP contribution < -0.4 is 4.84 Å². The van der Waals surface area contributed by atoms with E-state index < -0.39 is 0 Å².